The number of nitrogen functional groups attached to an aromatic ring is 1. The Kier molecular flexibility index (Phi) is 4.60. The third-order valence-electron chi connectivity index (χ3n) is 2.25. The minimum absolute atomic E-state index is 0.0262. The van der Waals surface area contributed by atoms with Gasteiger partial charge >= 0.3 is 0 Å². The number of rotatable bonds is 5. The molecule has 0 bridgehead atoms. The number of thiophene rings is 1. The summed E-state index contributed by atoms with van der Waals surface area (Å²) in [5, 5.41) is 3.19. The summed E-state index contributed by atoms with van der Waals surface area (Å²) < 4.78 is 6.62. The number of nitrogens with zero attached hydrogens (tertiary/aromatic N) is 2. The normalized spacial score (nSPS) is 10.7. The lowest BCUT2D eigenvalue weighted by atomic mass is 10.4. The second-order valence-corrected chi connectivity index (χ2v) is 6.71. The zero-order valence-electron chi connectivity index (χ0n) is 10.7. The van der Waals surface area contributed by atoms with Crippen molar-refractivity contribution in [3.8, 4) is 5.88 Å². The lowest BCUT2D eigenvalue weighted by Gasteiger charge is -2.13. The Labute approximate surface area is 124 Å². The monoisotopic (exact) mass is 342 g/mol. The van der Waals surface area contributed by atoms with E-state index in [0.717, 1.165) is 3.79 Å². The van der Waals surface area contributed by atoms with E-state index in [1.165, 1.54) is 11.2 Å². The van der Waals surface area contributed by atoms with Crippen molar-refractivity contribution in [2.24, 2.45) is 0 Å². The highest BCUT2D eigenvalue weighted by atomic mass is 79.9. The quantitative estimate of drug-likeness (QED) is 0.872. The predicted octanol–water partition coefficient (Wildman–Crippen LogP) is 3.28. The summed E-state index contributed by atoms with van der Waals surface area (Å²) in [7, 11) is 0. The summed E-state index contributed by atoms with van der Waals surface area (Å²) in [6.45, 7) is 4.52. The highest BCUT2D eigenvalue weighted by Crippen LogP contribution is 2.27. The van der Waals surface area contributed by atoms with Crippen LogP contribution in [0.2, 0.25) is 0 Å². The first-order chi connectivity index (χ1) is 9.06. The Morgan fingerprint density at radius 3 is 2.84 bits per heavy atom. The standard InChI is InChI=1S/C12H15BrN4OS/c1-7(2)18-12-10(14)11(16-6-17-12)15-5-8-3-4-9(13)19-8/h3-4,6-7H,5,14H2,1-2H3,(H,15,16,17). The van der Waals surface area contributed by atoms with Crippen LogP contribution in [0, 0.1) is 0 Å². The van der Waals surface area contributed by atoms with E-state index in [1.807, 2.05) is 26.0 Å². The van der Waals surface area contributed by atoms with Gasteiger partial charge in [0.2, 0.25) is 5.88 Å². The molecule has 2 rings (SSSR count). The van der Waals surface area contributed by atoms with E-state index in [0.29, 0.717) is 23.9 Å². The van der Waals surface area contributed by atoms with Gasteiger partial charge in [-0.3, -0.25) is 0 Å². The first kappa shape index (κ1) is 14.1. The molecule has 2 heterocycles. The van der Waals surface area contributed by atoms with Crippen LogP contribution in [0.1, 0.15) is 18.7 Å². The molecule has 0 aliphatic carbocycles. The Balaban J connectivity index is 2.08. The number of nitrogens with one attached hydrogen (secondary N) is 1. The van der Waals surface area contributed by atoms with Crippen molar-refractivity contribution in [3.05, 3.63) is 27.1 Å². The van der Waals surface area contributed by atoms with E-state index in [4.69, 9.17) is 10.5 Å². The second kappa shape index (κ2) is 6.21. The largest absolute Gasteiger partial charge is 0.473 e. The van der Waals surface area contributed by atoms with Gasteiger partial charge in [0.25, 0.3) is 0 Å². The van der Waals surface area contributed by atoms with Crippen LogP contribution in [0.25, 0.3) is 0 Å². The Morgan fingerprint density at radius 1 is 1.42 bits per heavy atom. The molecule has 0 saturated heterocycles. The van der Waals surface area contributed by atoms with E-state index >= 15 is 0 Å². The van der Waals surface area contributed by atoms with Crippen LogP contribution < -0.4 is 15.8 Å². The molecule has 0 fully saturated rings. The minimum atomic E-state index is 0.0262. The minimum Gasteiger partial charge on any atom is -0.473 e. The van der Waals surface area contributed by atoms with E-state index in [-0.39, 0.29) is 6.10 Å². The fourth-order valence-corrected chi connectivity index (χ4v) is 2.88. The van der Waals surface area contributed by atoms with Gasteiger partial charge in [0.05, 0.1) is 16.4 Å². The van der Waals surface area contributed by atoms with E-state index in [2.05, 4.69) is 31.2 Å². The van der Waals surface area contributed by atoms with Gasteiger partial charge < -0.3 is 15.8 Å². The van der Waals surface area contributed by atoms with Gasteiger partial charge in [0.1, 0.15) is 12.0 Å². The van der Waals surface area contributed by atoms with Gasteiger partial charge in [-0.25, -0.2) is 4.98 Å². The lowest BCUT2D eigenvalue weighted by Crippen LogP contribution is -2.11. The van der Waals surface area contributed by atoms with Crippen molar-refractivity contribution in [2.45, 2.75) is 26.5 Å². The van der Waals surface area contributed by atoms with Crippen molar-refractivity contribution >= 4 is 38.8 Å². The van der Waals surface area contributed by atoms with Crippen molar-refractivity contribution in [1.29, 1.82) is 0 Å². The lowest BCUT2D eigenvalue weighted by molar-refractivity contribution is 0.234. The van der Waals surface area contributed by atoms with Crippen LogP contribution in [0.3, 0.4) is 0 Å². The Morgan fingerprint density at radius 2 is 2.21 bits per heavy atom. The van der Waals surface area contributed by atoms with Crippen LogP contribution in [0.15, 0.2) is 22.2 Å². The zero-order chi connectivity index (χ0) is 13.8. The van der Waals surface area contributed by atoms with Crippen LogP contribution in [0.4, 0.5) is 11.5 Å². The molecule has 102 valence electrons. The highest BCUT2D eigenvalue weighted by molar-refractivity contribution is 9.11. The molecule has 0 atom stereocenters. The summed E-state index contributed by atoms with van der Waals surface area (Å²) in [4.78, 5) is 9.36. The maximum Gasteiger partial charge on any atom is 0.242 e. The van der Waals surface area contributed by atoms with Crippen molar-refractivity contribution in [2.75, 3.05) is 11.1 Å². The molecule has 0 spiro atoms. The van der Waals surface area contributed by atoms with Gasteiger partial charge in [-0.2, -0.15) is 4.98 Å². The van der Waals surface area contributed by atoms with Crippen LogP contribution in [-0.4, -0.2) is 16.1 Å². The molecule has 0 unspecified atom stereocenters. The molecule has 3 N–H and O–H groups in total. The number of hydrogen-bond acceptors (Lipinski definition) is 6. The molecule has 2 aromatic rings. The Hall–Kier alpha value is -1.34. The van der Waals surface area contributed by atoms with Gasteiger partial charge in [-0.1, -0.05) is 0 Å². The summed E-state index contributed by atoms with van der Waals surface area (Å²) in [6, 6.07) is 4.06. The first-order valence-electron chi connectivity index (χ1n) is 5.81. The first-order valence-corrected chi connectivity index (χ1v) is 7.42. The third-order valence-corrected chi connectivity index (χ3v) is 3.88. The summed E-state index contributed by atoms with van der Waals surface area (Å²) >= 11 is 5.10. The molecule has 2 aromatic heterocycles. The SMILES string of the molecule is CC(C)Oc1ncnc(NCc2ccc(Br)s2)c1N. The van der Waals surface area contributed by atoms with Gasteiger partial charge in [0.15, 0.2) is 5.82 Å². The Bertz CT molecular complexity index is 558. The average Bonchev–Trinajstić information content (AvgIpc) is 2.76. The molecular weight excluding hydrogens is 328 g/mol. The third kappa shape index (κ3) is 3.81. The highest BCUT2D eigenvalue weighted by Gasteiger charge is 2.10. The van der Waals surface area contributed by atoms with Crippen LogP contribution >= 0.6 is 27.3 Å². The van der Waals surface area contributed by atoms with Crippen molar-refractivity contribution in [1.82, 2.24) is 9.97 Å². The molecule has 0 saturated carbocycles. The second-order valence-electron chi connectivity index (χ2n) is 4.17. The number of ether oxygens (including phenoxy) is 1. The molecule has 0 amide bonds. The molecule has 0 aliphatic heterocycles. The van der Waals surface area contributed by atoms with E-state index in [9.17, 15) is 0 Å². The van der Waals surface area contributed by atoms with Gasteiger partial charge in [-0.05, 0) is 41.9 Å². The number of halogens is 1. The topological polar surface area (TPSA) is 73.1 Å². The molecule has 7 heteroatoms. The predicted molar refractivity (Wildman–Crippen MR) is 81.6 cm³/mol. The molecule has 0 aromatic carbocycles. The molecule has 0 radical (unpaired) electrons. The number of anilines is 2. The molecule has 19 heavy (non-hydrogen) atoms. The molecule has 5 nitrogen and oxygen atoms in total. The maximum atomic E-state index is 5.98. The molecule has 0 aliphatic rings. The van der Waals surface area contributed by atoms with Gasteiger partial charge in [0, 0.05) is 4.88 Å². The van der Waals surface area contributed by atoms with Crippen molar-refractivity contribution in [3.63, 3.8) is 0 Å². The maximum absolute atomic E-state index is 5.98. The van der Waals surface area contributed by atoms with E-state index in [1.54, 1.807) is 11.3 Å². The smallest absolute Gasteiger partial charge is 0.242 e. The number of aromatic nitrogens is 2. The number of hydrogen-bond donors (Lipinski definition) is 2. The molecular formula is C12H15BrN4OS. The number of nitrogens with two attached hydrogens (primary N) is 1. The zero-order valence-corrected chi connectivity index (χ0v) is 13.1. The fourth-order valence-electron chi connectivity index (χ4n) is 1.46. The van der Waals surface area contributed by atoms with E-state index < -0.39 is 0 Å². The summed E-state index contributed by atoms with van der Waals surface area (Å²) in [5.41, 5.74) is 6.42. The average molecular weight is 343 g/mol. The summed E-state index contributed by atoms with van der Waals surface area (Å²) in [5.74, 6) is 1.01. The van der Waals surface area contributed by atoms with Crippen LogP contribution in [-0.2, 0) is 6.54 Å². The van der Waals surface area contributed by atoms with Gasteiger partial charge in [-0.15, -0.1) is 11.3 Å². The van der Waals surface area contributed by atoms with Crippen molar-refractivity contribution < 1.29 is 4.74 Å². The van der Waals surface area contributed by atoms with Crippen LogP contribution in [0.5, 0.6) is 5.88 Å². The summed E-state index contributed by atoms with van der Waals surface area (Å²) in [6.07, 6.45) is 1.47. The fraction of sp³-hybridized carbons (Fsp3) is 0.333.